The first-order valence-corrected chi connectivity index (χ1v) is 4.53. The summed E-state index contributed by atoms with van der Waals surface area (Å²) in [6.45, 7) is 3.29. The molecule has 1 aliphatic rings. The van der Waals surface area contributed by atoms with Gasteiger partial charge in [0, 0.05) is 7.11 Å². The van der Waals surface area contributed by atoms with Gasteiger partial charge in [0.05, 0.1) is 13.1 Å². The maximum atomic E-state index is 10.6. The summed E-state index contributed by atoms with van der Waals surface area (Å²) in [6, 6.07) is 0.335. The molecule has 1 aliphatic heterocycles. The molecular formula is C9H12N2O4. The van der Waals surface area contributed by atoms with Crippen molar-refractivity contribution < 1.29 is 19.1 Å². The van der Waals surface area contributed by atoms with Crippen molar-refractivity contribution in [1.82, 2.24) is 4.98 Å². The number of methoxy groups -OCH3 is 1. The second-order valence-electron chi connectivity index (χ2n) is 3.83. The molecule has 6 nitrogen and oxygen atoms in total. The number of carboxylic acid groups (broad SMARTS) is 1. The lowest BCUT2D eigenvalue weighted by Crippen LogP contribution is -2.61. The highest BCUT2D eigenvalue weighted by atomic mass is 16.5. The number of aromatic nitrogens is 1. The molecule has 0 amide bonds. The lowest BCUT2D eigenvalue weighted by Gasteiger charge is -2.45. The summed E-state index contributed by atoms with van der Waals surface area (Å²) in [5.41, 5.74) is -0.256. The fourth-order valence-electron chi connectivity index (χ4n) is 1.53. The number of nitrogens with zero attached hydrogens (tertiary/aromatic N) is 2. The van der Waals surface area contributed by atoms with Crippen LogP contribution in [0.2, 0.25) is 0 Å². The third-order valence-corrected chi connectivity index (χ3v) is 2.53. The van der Waals surface area contributed by atoms with Gasteiger partial charge in [-0.3, -0.25) is 0 Å². The van der Waals surface area contributed by atoms with Crippen LogP contribution in [0.15, 0.2) is 10.7 Å². The van der Waals surface area contributed by atoms with Gasteiger partial charge in [0.2, 0.25) is 0 Å². The molecule has 15 heavy (non-hydrogen) atoms. The van der Waals surface area contributed by atoms with Crippen molar-refractivity contribution in [3.05, 3.63) is 12.0 Å². The molecule has 0 spiro atoms. The molecule has 1 saturated heterocycles. The minimum Gasteiger partial charge on any atom is -0.476 e. The maximum absolute atomic E-state index is 10.6. The Morgan fingerprint density at radius 2 is 2.40 bits per heavy atom. The maximum Gasteiger partial charge on any atom is 0.357 e. The molecule has 2 rings (SSSR count). The largest absolute Gasteiger partial charge is 0.476 e. The van der Waals surface area contributed by atoms with E-state index in [1.165, 1.54) is 0 Å². The van der Waals surface area contributed by atoms with Gasteiger partial charge in [-0.15, -0.1) is 0 Å². The van der Waals surface area contributed by atoms with Gasteiger partial charge in [0.25, 0.3) is 6.01 Å². The zero-order valence-corrected chi connectivity index (χ0v) is 8.56. The first-order chi connectivity index (χ1) is 7.04. The molecule has 1 fully saturated rings. The second kappa shape index (κ2) is 3.23. The lowest BCUT2D eigenvalue weighted by molar-refractivity contribution is -0.0190. The van der Waals surface area contributed by atoms with Crippen molar-refractivity contribution in [2.75, 3.05) is 25.1 Å². The van der Waals surface area contributed by atoms with E-state index in [1.54, 1.807) is 7.11 Å². The number of oxazole rings is 1. The molecule has 0 radical (unpaired) electrons. The van der Waals surface area contributed by atoms with Crippen LogP contribution in [0.25, 0.3) is 0 Å². The molecular weight excluding hydrogens is 200 g/mol. The number of hydrogen-bond donors (Lipinski definition) is 1. The molecule has 6 heteroatoms. The predicted octanol–water partition coefficient (Wildman–Crippen LogP) is 0.598. The number of rotatable bonds is 3. The Morgan fingerprint density at radius 1 is 1.73 bits per heavy atom. The van der Waals surface area contributed by atoms with Gasteiger partial charge in [0.15, 0.2) is 5.69 Å². The minimum absolute atomic E-state index is 0.0731. The van der Waals surface area contributed by atoms with Gasteiger partial charge in [0.1, 0.15) is 11.9 Å². The average Bonchev–Trinajstić information content (AvgIpc) is 2.61. The highest BCUT2D eigenvalue weighted by Gasteiger charge is 2.41. The predicted molar refractivity (Wildman–Crippen MR) is 51.1 cm³/mol. The second-order valence-corrected chi connectivity index (χ2v) is 3.83. The van der Waals surface area contributed by atoms with Crippen LogP contribution in [0.5, 0.6) is 0 Å². The van der Waals surface area contributed by atoms with Crippen molar-refractivity contribution in [3.63, 3.8) is 0 Å². The van der Waals surface area contributed by atoms with Crippen LogP contribution >= 0.6 is 0 Å². The first kappa shape index (κ1) is 9.97. The van der Waals surface area contributed by atoms with E-state index >= 15 is 0 Å². The summed E-state index contributed by atoms with van der Waals surface area (Å²) < 4.78 is 10.3. The first-order valence-electron chi connectivity index (χ1n) is 4.53. The number of hydrogen-bond acceptors (Lipinski definition) is 5. The molecule has 0 aliphatic carbocycles. The highest BCUT2D eigenvalue weighted by molar-refractivity contribution is 5.85. The molecule has 82 valence electrons. The number of carboxylic acids is 1. The third-order valence-electron chi connectivity index (χ3n) is 2.53. The van der Waals surface area contributed by atoms with E-state index in [9.17, 15) is 4.79 Å². The Morgan fingerprint density at radius 3 is 2.87 bits per heavy atom. The minimum atomic E-state index is -1.08. The van der Waals surface area contributed by atoms with E-state index in [1.807, 2.05) is 11.8 Å². The van der Waals surface area contributed by atoms with Crippen molar-refractivity contribution in [2.45, 2.75) is 12.5 Å². The molecule has 0 unspecified atom stereocenters. The standard InChI is InChI=1S/C9H12N2O4/c1-9(14-2)4-11(5-9)8-10-6(3-15-8)7(12)13/h3H,4-5H2,1-2H3,(H,12,13). The zero-order chi connectivity index (χ0) is 11.1. The van der Waals surface area contributed by atoms with Crippen LogP contribution in [0.3, 0.4) is 0 Å². The van der Waals surface area contributed by atoms with E-state index in [2.05, 4.69) is 4.98 Å². The molecule has 1 aromatic rings. The van der Waals surface area contributed by atoms with Gasteiger partial charge >= 0.3 is 5.97 Å². The molecule has 2 heterocycles. The van der Waals surface area contributed by atoms with Crippen LogP contribution in [0.4, 0.5) is 6.01 Å². The summed E-state index contributed by atoms with van der Waals surface area (Å²) in [5.74, 6) is -1.08. The molecule has 0 bridgehead atoms. The summed E-state index contributed by atoms with van der Waals surface area (Å²) in [7, 11) is 1.65. The van der Waals surface area contributed by atoms with Gasteiger partial charge in [-0.05, 0) is 6.92 Å². The Kier molecular flexibility index (Phi) is 2.15. The third kappa shape index (κ3) is 1.68. The van der Waals surface area contributed by atoms with E-state index in [4.69, 9.17) is 14.3 Å². The number of anilines is 1. The quantitative estimate of drug-likeness (QED) is 0.790. The van der Waals surface area contributed by atoms with Crippen LogP contribution in [-0.2, 0) is 4.74 Å². The number of aromatic carboxylic acids is 1. The Hall–Kier alpha value is -1.56. The average molecular weight is 212 g/mol. The monoisotopic (exact) mass is 212 g/mol. The summed E-state index contributed by atoms with van der Waals surface area (Å²) in [6.07, 6.45) is 1.14. The summed E-state index contributed by atoms with van der Waals surface area (Å²) >= 11 is 0. The SMILES string of the molecule is COC1(C)CN(c2nc(C(=O)O)co2)C1. The number of ether oxygens (including phenoxy) is 1. The van der Waals surface area contributed by atoms with Gasteiger partial charge < -0.3 is 19.2 Å². The van der Waals surface area contributed by atoms with Crippen LogP contribution in [0, 0.1) is 0 Å². The smallest absolute Gasteiger partial charge is 0.357 e. The topological polar surface area (TPSA) is 75.8 Å². The Labute approximate surface area is 86.5 Å². The van der Waals surface area contributed by atoms with Gasteiger partial charge in [-0.25, -0.2) is 4.79 Å². The highest BCUT2D eigenvalue weighted by Crippen LogP contribution is 2.28. The Bertz CT molecular complexity index is 381. The van der Waals surface area contributed by atoms with Crippen molar-refractivity contribution in [1.29, 1.82) is 0 Å². The summed E-state index contributed by atoms with van der Waals surface area (Å²) in [5, 5.41) is 8.65. The van der Waals surface area contributed by atoms with Crippen molar-refractivity contribution >= 4 is 12.0 Å². The van der Waals surface area contributed by atoms with Crippen LogP contribution in [0.1, 0.15) is 17.4 Å². The molecule has 0 saturated carbocycles. The Balaban J connectivity index is 2.04. The van der Waals surface area contributed by atoms with E-state index in [0.717, 1.165) is 6.26 Å². The fraction of sp³-hybridized carbons (Fsp3) is 0.556. The molecule has 1 aromatic heterocycles. The number of carbonyl (C=O) groups is 1. The van der Waals surface area contributed by atoms with Crippen LogP contribution < -0.4 is 4.90 Å². The van der Waals surface area contributed by atoms with E-state index in [-0.39, 0.29) is 11.3 Å². The zero-order valence-electron chi connectivity index (χ0n) is 8.56. The van der Waals surface area contributed by atoms with Gasteiger partial charge in [-0.1, -0.05) is 0 Å². The molecule has 0 atom stereocenters. The molecule has 1 N–H and O–H groups in total. The molecule has 0 aromatic carbocycles. The normalized spacial score (nSPS) is 18.7. The lowest BCUT2D eigenvalue weighted by atomic mass is 9.97. The van der Waals surface area contributed by atoms with Crippen molar-refractivity contribution in [3.8, 4) is 0 Å². The fourth-order valence-corrected chi connectivity index (χ4v) is 1.53. The van der Waals surface area contributed by atoms with E-state index in [0.29, 0.717) is 19.1 Å². The van der Waals surface area contributed by atoms with Crippen molar-refractivity contribution in [2.24, 2.45) is 0 Å². The summed E-state index contributed by atoms with van der Waals surface area (Å²) in [4.78, 5) is 16.2. The van der Waals surface area contributed by atoms with Crippen LogP contribution in [-0.4, -0.2) is 41.9 Å². The van der Waals surface area contributed by atoms with Gasteiger partial charge in [-0.2, -0.15) is 4.98 Å². The van der Waals surface area contributed by atoms with E-state index < -0.39 is 5.97 Å².